The third-order valence-corrected chi connectivity index (χ3v) is 5.58. The number of piperidine rings is 1. The van der Waals surface area contributed by atoms with E-state index in [1.807, 2.05) is 6.07 Å². The Morgan fingerprint density at radius 2 is 1.96 bits per heavy atom. The van der Waals surface area contributed by atoms with Crippen LogP contribution in [0.2, 0.25) is 0 Å². The van der Waals surface area contributed by atoms with E-state index in [0.717, 1.165) is 43.4 Å². The quantitative estimate of drug-likeness (QED) is 0.622. The van der Waals surface area contributed by atoms with Gasteiger partial charge in [0.05, 0.1) is 0 Å². The summed E-state index contributed by atoms with van der Waals surface area (Å²) in [6.07, 6.45) is 5.12. The first kappa shape index (κ1) is 17.6. The molecule has 0 atom stereocenters. The van der Waals surface area contributed by atoms with Crippen LogP contribution in [-0.2, 0) is 6.42 Å². The van der Waals surface area contributed by atoms with Gasteiger partial charge in [-0.3, -0.25) is 0 Å². The molecule has 3 nitrogen and oxygen atoms in total. The third kappa shape index (κ3) is 3.94. The van der Waals surface area contributed by atoms with Crippen molar-refractivity contribution in [1.82, 2.24) is 9.88 Å². The zero-order valence-corrected chi connectivity index (χ0v) is 16.1. The summed E-state index contributed by atoms with van der Waals surface area (Å²) in [7, 11) is 0. The Hall–Kier alpha value is -1.85. The summed E-state index contributed by atoms with van der Waals surface area (Å²) >= 11 is 3.55. The number of ether oxygens (including phenoxy) is 1. The molecule has 4 rings (SSSR count). The number of nitrogens with one attached hydrogen (secondary N) is 1. The van der Waals surface area contributed by atoms with Gasteiger partial charge in [-0.25, -0.2) is 4.39 Å². The molecular formula is C21H22BrFN2O. The van der Waals surface area contributed by atoms with Crippen LogP contribution in [0.25, 0.3) is 10.9 Å². The lowest BCUT2D eigenvalue weighted by Gasteiger charge is -2.32. The molecule has 0 saturated carbocycles. The molecule has 1 aromatic heterocycles. The standard InChI is InChI=1S/C21H22BrFN2O/c22-16-5-6-20-18(13-16)15(14-24-20)7-10-25-11-8-17(9-12-25)26-21-4-2-1-3-19(21)23/h1-6,13-14,17,24H,7-12H2. The zero-order chi connectivity index (χ0) is 17.9. The number of likely N-dealkylation sites (tertiary alicyclic amines) is 1. The second-order valence-corrected chi connectivity index (χ2v) is 7.76. The molecular weight excluding hydrogens is 395 g/mol. The summed E-state index contributed by atoms with van der Waals surface area (Å²) in [6.45, 7) is 3.02. The molecule has 0 unspecified atom stereocenters. The predicted octanol–water partition coefficient (Wildman–Crippen LogP) is 5.16. The maximum absolute atomic E-state index is 13.7. The van der Waals surface area contributed by atoms with E-state index in [4.69, 9.17) is 4.74 Å². The maximum Gasteiger partial charge on any atom is 0.165 e. The second kappa shape index (κ2) is 7.80. The first-order valence-corrected chi connectivity index (χ1v) is 9.87. The number of fused-ring (bicyclic) bond motifs is 1. The first-order valence-electron chi connectivity index (χ1n) is 9.08. The maximum atomic E-state index is 13.7. The van der Waals surface area contributed by atoms with Crippen LogP contribution < -0.4 is 4.74 Å². The van der Waals surface area contributed by atoms with Crippen LogP contribution in [0.15, 0.2) is 53.1 Å². The molecule has 0 aliphatic carbocycles. The van der Waals surface area contributed by atoms with E-state index in [0.29, 0.717) is 5.75 Å². The molecule has 2 heterocycles. The van der Waals surface area contributed by atoms with E-state index in [1.165, 1.54) is 22.5 Å². The molecule has 1 aliphatic rings. The number of hydrogen-bond donors (Lipinski definition) is 1. The van der Waals surface area contributed by atoms with E-state index >= 15 is 0 Å². The highest BCUT2D eigenvalue weighted by atomic mass is 79.9. The minimum atomic E-state index is -0.277. The SMILES string of the molecule is Fc1ccccc1OC1CCN(CCc2c[nH]c3ccc(Br)cc23)CC1. The smallest absolute Gasteiger partial charge is 0.165 e. The molecule has 5 heteroatoms. The Kier molecular flexibility index (Phi) is 5.27. The van der Waals surface area contributed by atoms with Crippen molar-refractivity contribution in [3.63, 3.8) is 0 Å². The van der Waals surface area contributed by atoms with Crippen molar-refractivity contribution >= 4 is 26.8 Å². The van der Waals surface area contributed by atoms with E-state index in [-0.39, 0.29) is 11.9 Å². The molecule has 0 radical (unpaired) electrons. The minimum Gasteiger partial charge on any atom is -0.487 e. The largest absolute Gasteiger partial charge is 0.487 e. The van der Waals surface area contributed by atoms with Crippen molar-refractivity contribution in [2.24, 2.45) is 0 Å². The molecule has 136 valence electrons. The van der Waals surface area contributed by atoms with E-state index in [1.54, 1.807) is 12.1 Å². The van der Waals surface area contributed by atoms with E-state index < -0.39 is 0 Å². The van der Waals surface area contributed by atoms with Crippen molar-refractivity contribution in [3.8, 4) is 5.75 Å². The summed E-state index contributed by atoms with van der Waals surface area (Å²) in [5.74, 6) is 0.0933. The molecule has 1 saturated heterocycles. The van der Waals surface area contributed by atoms with Crippen LogP contribution in [0, 0.1) is 5.82 Å². The highest BCUT2D eigenvalue weighted by molar-refractivity contribution is 9.10. The molecule has 1 N–H and O–H groups in total. The van der Waals surface area contributed by atoms with Crippen molar-refractivity contribution in [2.75, 3.05) is 19.6 Å². The Labute approximate surface area is 161 Å². The molecule has 0 amide bonds. The number of halogens is 2. The predicted molar refractivity (Wildman–Crippen MR) is 106 cm³/mol. The summed E-state index contributed by atoms with van der Waals surface area (Å²) in [6, 6.07) is 13.0. The van der Waals surface area contributed by atoms with Gasteiger partial charge in [0.2, 0.25) is 0 Å². The molecule has 0 spiro atoms. The summed E-state index contributed by atoms with van der Waals surface area (Å²) < 4.78 is 20.7. The van der Waals surface area contributed by atoms with Crippen LogP contribution >= 0.6 is 15.9 Å². The lowest BCUT2D eigenvalue weighted by molar-refractivity contribution is 0.0978. The zero-order valence-electron chi connectivity index (χ0n) is 14.6. The van der Waals surface area contributed by atoms with Crippen molar-refractivity contribution in [3.05, 3.63) is 64.5 Å². The number of nitrogens with zero attached hydrogens (tertiary/aromatic N) is 1. The highest BCUT2D eigenvalue weighted by Crippen LogP contribution is 2.24. The lowest BCUT2D eigenvalue weighted by atomic mass is 10.1. The molecule has 3 aromatic rings. The van der Waals surface area contributed by atoms with Gasteiger partial charge in [0.25, 0.3) is 0 Å². The van der Waals surface area contributed by atoms with Gasteiger partial charge in [-0.15, -0.1) is 0 Å². The van der Waals surface area contributed by atoms with Crippen LogP contribution in [-0.4, -0.2) is 35.6 Å². The summed E-state index contributed by atoms with van der Waals surface area (Å²) in [5.41, 5.74) is 2.53. The number of aromatic nitrogens is 1. The average Bonchev–Trinajstić information content (AvgIpc) is 3.05. The average molecular weight is 417 g/mol. The number of hydrogen-bond acceptors (Lipinski definition) is 2. The highest BCUT2D eigenvalue weighted by Gasteiger charge is 2.21. The monoisotopic (exact) mass is 416 g/mol. The number of aromatic amines is 1. The van der Waals surface area contributed by atoms with Gasteiger partial charge in [0.15, 0.2) is 11.6 Å². The second-order valence-electron chi connectivity index (χ2n) is 6.84. The summed E-state index contributed by atoms with van der Waals surface area (Å²) in [5, 5.41) is 1.29. The molecule has 1 fully saturated rings. The Bertz CT molecular complexity index is 887. The Morgan fingerprint density at radius 3 is 2.77 bits per heavy atom. The van der Waals surface area contributed by atoms with Gasteiger partial charge in [-0.05, 0) is 55.2 Å². The van der Waals surface area contributed by atoms with Gasteiger partial charge in [0, 0.05) is 41.2 Å². The van der Waals surface area contributed by atoms with Gasteiger partial charge in [-0.1, -0.05) is 28.1 Å². The number of para-hydroxylation sites is 1. The molecule has 2 aromatic carbocycles. The lowest BCUT2D eigenvalue weighted by Crippen LogP contribution is -2.39. The van der Waals surface area contributed by atoms with Gasteiger partial charge < -0.3 is 14.6 Å². The topological polar surface area (TPSA) is 28.3 Å². The van der Waals surface area contributed by atoms with Crippen molar-refractivity contribution < 1.29 is 9.13 Å². The fraction of sp³-hybridized carbons (Fsp3) is 0.333. The van der Waals surface area contributed by atoms with Gasteiger partial charge in [0.1, 0.15) is 6.10 Å². The van der Waals surface area contributed by atoms with Gasteiger partial charge in [-0.2, -0.15) is 0 Å². The van der Waals surface area contributed by atoms with Crippen LogP contribution in [0.3, 0.4) is 0 Å². The fourth-order valence-corrected chi connectivity index (χ4v) is 3.97. The minimum absolute atomic E-state index is 0.104. The molecule has 26 heavy (non-hydrogen) atoms. The number of rotatable bonds is 5. The molecule has 0 bridgehead atoms. The van der Waals surface area contributed by atoms with E-state index in [2.05, 4.69) is 50.2 Å². The van der Waals surface area contributed by atoms with E-state index in [9.17, 15) is 4.39 Å². The van der Waals surface area contributed by atoms with Crippen LogP contribution in [0.4, 0.5) is 4.39 Å². The van der Waals surface area contributed by atoms with Crippen LogP contribution in [0.1, 0.15) is 18.4 Å². The normalized spacial score (nSPS) is 16.2. The van der Waals surface area contributed by atoms with Crippen molar-refractivity contribution in [1.29, 1.82) is 0 Å². The third-order valence-electron chi connectivity index (χ3n) is 5.09. The summed E-state index contributed by atoms with van der Waals surface area (Å²) in [4.78, 5) is 5.82. The Morgan fingerprint density at radius 1 is 1.15 bits per heavy atom. The first-order chi connectivity index (χ1) is 12.7. The van der Waals surface area contributed by atoms with Gasteiger partial charge >= 0.3 is 0 Å². The Balaban J connectivity index is 1.30. The fourth-order valence-electron chi connectivity index (χ4n) is 3.61. The van der Waals surface area contributed by atoms with Crippen LogP contribution in [0.5, 0.6) is 5.75 Å². The molecule has 1 aliphatic heterocycles. The van der Waals surface area contributed by atoms with Crippen molar-refractivity contribution in [2.45, 2.75) is 25.4 Å². The number of benzene rings is 2. The number of H-pyrrole nitrogens is 1.